The number of carbonyl (C=O) groups is 1. The van der Waals surface area contributed by atoms with Crippen molar-refractivity contribution < 1.29 is 14.0 Å². The maximum atomic E-state index is 12.7. The summed E-state index contributed by atoms with van der Waals surface area (Å²) in [6.07, 6.45) is 0.281. The number of halogens is 2. The number of likely N-dealkylation sites (tertiary alicyclic amines) is 1. The van der Waals surface area contributed by atoms with E-state index in [1.807, 2.05) is 32.9 Å². The maximum Gasteiger partial charge on any atom is 0.410 e. The van der Waals surface area contributed by atoms with Crippen LogP contribution < -0.4 is 5.32 Å². The van der Waals surface area contributed by atoms with Crippen LogP contribution in [0.1, 0.15) is 48.0 Å². The Hall–Kier alpha value is -0.953. The monoisotopic (exact) mass is 474 g/mol. The van der Waals surface area contributed by atoms with Crippen LogP contribution in [0.5, 0.6) is 0 Å². The summed E-state index contributed by atoms with van der Waals surface area (Å²) in [5.41, 5.74) is 0.325. The fraction of sp³-hybridized carbons (Fsp3) is 0.682. The Bertz CT molecular complexity index is 739. The Labute approximate surface area is 192 Å². The number of nitrogens with zero attached hydrogens (tertiary/aromatic N) is 1. The number of hydrogen-bond donors (Lipinski definition) is 1. The van der Waals surface area contributed by atoms with E-state index in [-0.39, 0.29) is 23.3 Å². The van der Waals surface area contributed by atoms with Crippen LogP contribution in [0.4, 0.5) is 10.5 Å². The Morgan fingerprint density at radius 2 is 1.67 bits per heavy atom. The summed E-state index contributed by atoms with van der Waals surface area (Å²) in [6, 6.07) is 5.46. The highest BCUT2D eigenvalue weighted by Crippen LogP contribution is 2.38. The van der Waals surface area contributed by atoms with E-state index in [4.69, 9.17) is 32.4 Å². The van der Waals surface area contributed by atoms with E-state index >= 15 is 0 Å². The van der Waals surface area contributed by atoms with Crippen molar-refractivity contribution in [1.82, 2.24) is 4.90 Å². The summed E-state index contributed by atoms with van der Waals surface area (Å²) in [4.78, 5) is 14.4. The number of piperidine rings is 1. The van der Waals surface area contributed by atoms with Gasteiger partial charge in [-0.15, -0.1) is 0 Å². The molecule has 1 amide bonds. The minimum absolute atomic E-state index is 0.0346. The molecular formula is C22H36Cl2N2O3Si. The molecule has 2 atom stereocenters. The minimum Gasteiger partial charge on any atom is -0.444 e. The Morgan fingerprint density at radius 3 is 2.17 bits per heavy atom. The van der Waals surface area contributed by atoms with E-state index in [2.05, 4.69) is 39.2 Å². The number of nitrogens with one attached hydrogen (secondary N) is 1. The topological polar surface area (TPSA) is 50.8 Å². The van der Waals surface area contributed by atoms with Gasteiger partial charge in [0, 0.05) is 22.3 Å². The molecule has 1 aliphatic rings. The molecule has 30 heavy (non-hydrogen) atoms. The molecule has 170 valence electrons. The van der Waals surface area contributed by atoms with Crippen LogP contribution >= 0.6 is 23.2 Å². The van der Waals surface area contributed by atoms with Gasteiger partial charge in [0.15, 0.2) is 8.32 Å². The van der Waals surface area contributed by atoms with Crippen molar-refractivity contribution in [2.75, 3.05) is 18.4 Å². The van der Waals surface area contributed by atoms with Crippen LogP contribution in [0.3, 0.4) is 0 Å². The van der Waals surface area contributed by atoms with E-state index in [0.717, 1.165) is 12.1 Å². The third-order valence-corrected chi connectivity index (χ3v) is 10.6. The van der Waals surface area contributed by atoms with Crippen LogP contribution in [0.2, 0.25) is 28.2 Å². The van der Waals surface area contributed by atoms with Gasteiger partial charge in [0.2, 0.25) is 0 Å². The zero-order valence-electron chi connectivity index (χ0n) is 19.4. The molecule has 2 rings (SSSR count). The lowest BCUT2D eigenvalue weighted by Gasteiger charge is -2.45. The predicted octanol–water partition coefficient (Wildman–Crippen LogP) is 6.81. The zero-order valence-corrected chi connectivity index (χ0v) is 21.9. The van der Waals surface area contributed by atoms with Crippen molar-refractivity contribution >= 4 is 43.3 Å². The Morgan fingerprint density at radius 1 is 1.10 bits per heavy atom. The molecule has 0 aliphatic carbocycles. The molecule has 1 heterocycles. The lowest BCUT2D eigenvalue weighted by molar-refractivity contribution is 0.00347. The van der Waals surface area contributed by atoms with E-state index in [0.29, 0.717) is 23.1 Å². The van der Waals surface area contributed by atoms with Crippen LogP contribution in [0.15, 0.2) is 18.2 Å². The molecule has 1 aromatic carbocycles. The second-order valence-corrected chi connectivity index (χ2v) is 16.2. The number of rotatable bonds is 4. The number of carbonyl (C=O) groups excluding carboxylic acids is 1. The summed E-state index contributed by atoms with van der Waals surface area (Å²) < 4.78 is 12.4. The molecule has 1 aromatic rings. The van der Waals surface area contributed by atoms with Gasteiger partial charge in [-0.05, 0) is 63.5 Å². The largest absolute Gasteiger partial charge is 0.444 e. The van der Waals surface area contributed by atoms with Gasteiger partial charge >= 0.3 is 6.09 Å². The first kappa shape index (κ1) is 25.3. The maximum absolute atomic E-state index is 12.7. The molecule has 0 bridgehead atoms. The number of amides is 1. The van der Waals surface area contributed by atoms with E-state index in [1.165, 1.54) is 0 Å². The quantitative estimate of drug-likeness (QED) is 0.487. The Balaban J connectivity index is 2.24. The van der Waals surface area contributed by atoms with Crippen LogP contribution in [-0.2, 0) is 9.16 Å². The number of benzene rings is 1. The SMILES string of the molecule is CC(C)(C)OC(=O)N1CC[C@H](Nc2cc(Cl)cc(Cl)c2)[C@@H](O[Si](C)(C)C(C)(C)C)C1. The molecule has 1 N–H and O–H groups in total. The van der Waals surface area contributed by atoms with Crippen molar-refractivity contribution in [2.24, 2.45) is 0 Å². The van der Waals surface area contributed by atoms with Crippen molar-refractivity contribution in [3.05, 3.63) is 28.2 Å². The van der Waals surface area contributed by atoms with Crippen molar-refractivity contribution in [3.8, 4) is 0 Å². The lowest BCUT2D eigenvalue weighted by atomic mass is 10.0. The smallest absolute Gasteiger partial charge is 0.410 e. The molecule has 0 saturated carbocycles. The number of hydrogen-bond acceptors (Lipinski definition) is 4. The average Bonchev–Trinajstić information content (AvgIpc) is 2.52. The first-order chi connectivity index (χ1) is 13.6. The van der Waals surface area contributed by atoms with Crippen molar-refractivity contribution in [3.63, 3.8) is 0 Å². The molecule has 0 spiro atoms. The highest BCUT2D eigenvalue weighted by molar-refractivity contribution is 6.74. The van der Waals surface area contributed by atoms with Gasteiger partial charge in [0.1, 0.15) is 5.60 Å². The summed E-state index contributed by atoms with van der Waals surface area (Å²) >= 11 is 12.4. The standard InChI is InChI=1S/C22H36Cl2N2O3Si/c1-21(2,3)28-20(27)26-10-9-18(25-17-12-15(23)11-16(24)13-17)19(14-26)29-30(7,8)22(4,5)6/h11-13,18-19,25H,9-10,14H2,1-8H3/t18-,19-/m0/s1. The van der Waals surface area contributed by atoms with Crippen LogP contribution in [0.25, 0.3) is 0 Å². The van der Waals surface area contributed by atoms with Crippen molar-refractivity contribution in [2.45, 2.75) is 83.8 Å². The minimum atomic E-state index is -2.06. The van der Waals surface area contributed by atoms with Gasteiger partial charge in [-0.25, -0.2) is 4.79 Å². The van der Waals surface area contributed by atoms with Crippen LogP contribution in [-0.4, -0.2) is 50.1 Å². The number of ether oxygens (including phenoxy) is 1. The second-order valence-electron chi connectivity index (χ2n) is 10.5. The fourth-order valence-electron chi connectivity index (χ4n) is 3.10. The van der Waals surface area contributed by atoms with Gasteiger partial charge in [-0.1, -0.05) is 44.0 Å². The second kappa shape index (κ2) is 9.27. The van der Waals surface area contributed by atoms with Crippen LogP contribution in [0, 0.1) is 0 Å². The molecule has 1 aliphatic heterocycles. The summed E-state index contributed by atoms with van der Waals surface area (Å²) in [5.74, 6) is 0. The summed E-state index contributed by atoms with van der Waals surface area (Å²) in [6.45, 7) is 17.8. The third-order valence-electron chi connectivity index (χ3n) is 5.68. The molecule has 5 nitrogen and oxygen atoms in total. The molecule has 0 radical (unpaired) electrons. The van der Waals surface area contributed by atoms with Gasteiger partial charge in [-0.2, -0.15) is 0 Å². The van der Waals surface area contributed by atoms with Gasteiger partial charge in [-0.3, -0.25) is 0 Å². The molecular weight excluding hydrogens is 439 g/mol. The molecule has 0 aromatic heterocycles. The van der Waals surface area contributed by atoms with Gasteiger partial charge in [0.25, 0.3) is 0 Å². The van der Waals surface area contributed by atoms with E-state index in [1.54, 1.807) is 11.0 Å². The summed E-state index contributed by atoms with van der Waals surface area (Å²) in [5, 5.41) is 4.77. The lowest BCUT2D eigenvalue weighted by Crippen LogP contribution is -2.57. The van der Waals surface area contributed by atoms with E-state index < -0.39 is 13.9 Å². The first-order valence-electron chi connectivity index (χ1n) is 10.5. The zero-order chi connectivity index (χ0) is 22.9. The fourth-order valence-corrected chi connectivity index (χ4v) is 4.98. The average molecular weight is 476 g/mol. The predicted molar refractivity (Wildman–Crippen MR) is 128 cm³/mol. The van der Waals surface area contributed by atoms with Gasteiger partial charge < -0.3 is 19.4 Å². The van der Waals surface area contributed by atoms with Gasteiger partial charge in [0.05, 0.1) is 18.7 Å². The highest BCUT2D eigenvalue weighted by atomic mass is 35.5. The first-order valence-corrected chi connectivity index (χ1v) is 14.1. The number of anilines is 1. The van der Waals surface area contributed by atoms with Crippen molar-refractivity contribution in [1.29, 1.82) is 0 Å². The third kappa shape index (κ3) is 7.04. The highest BCUT2D eigenvalue weighted by Gasteiger charge is 2.43. The van der Waals surface area contributed by atoms with E-state index in [9.17, 15) is 4.79 Å². The normalized spacial score (nSPS) is 20.8. The molecule has 8 heteroatoms. The molecule has 1 fully saturated rings. The summed E-state index contributed by atoms with van der Waals surface area (Å²) in [7, 11) is -2.06. The molecule has 1 saturated heterocycles. The molecule has 0 unspecified atom stereocenters. The Kier molecular flexibility index (Phi) is 7.82.